The first-order chi connectivity index (χ1) is 12.1. The van der Waals surface area contributed by atoms with Crippen molar-refractivity contribution in [3.63, 3.8) is 0 Å². The molecule has 130 valence electrons. The van der Waals surface area contributed by atoms with Crippen LogP contribution in [0.5, 0.6) is 11.5 Å². The van der Waals surface area contributed by atoms with Gasteiger partial charge in [0.25, 0.3) is 11.8 Å². The van der Waals surface area contributed by atoms with Crippen LogP contribution < -0.4 is 15.6 Å². The topological polar surface area (TPSA) is 87.7 Å². The third-order valence-electron chi connectivity index (χ3n) is 3.23. The largest absolute Gasteiger partial charge is 0.508 e. The Bertz CT molecular complexity index is 712. The van der Waals surface area contributed by atoms with E-state index in [-0.39, 0.29) is 5.75 Å². The first kappa shape index (κ1) is 18.1. The second-order valence-corrected chi connectivity index (χ2v) is 5.20. The van der Waals surface area contributed by atoms with Crippen LogP contribution in [-0.2, 0) is 4.79 Å². The van der Waals surface area contributed by atoms with E-state index < -0.39 is 11.8 Å². The molecule has 0 fully saturated rings. The molecule has 0 atom stereocenters. The van der Waals surface area contributed by atoms with Crippen LogP contribution in [0.1, 0.15) is 23.2 Å². The zero-order valence-corrected chi connectivity index (χ0v) is 13.6. The van der Waals surface area contributed by atoms with E-state index in [1.807, 2.05) is 30.3 Å². The Labute approximate surface area is 146 Å². The average Bonchev–Trinajstić information content (AvgIpc) is 2.64. The van der Waals surface area contributed by atoms with Crippen LogP contribution >= 0.6 is 0 Å². The highest BCUT2D eigenvalue weighted by Crippen LogP contribution is 2.09. The summed E-state index contributed by atoms with van der Waals surface area (Å²) in [6.45, 7) is 0.563. The molecule has 0 aliphatic rings. The smallest absolute Gasteiger partial charge is 0.269 e. The molecule has 0 spiro atoms. The fourth-order valence-electron chi connectivity index (χ4n) is 1.94. The monoisotopic (exact) mass is 340 g/mol. The van der Waals surface area contributed by atoms with Crippen LogP contribution in [0, 0.1) is 0 Å². The minimum absolute atomic E-state index is 0.0692. The zero-order chi connectivity index (χ0) is 17.9. The molecule has 6 heteroatoms. The number of rotatable bonds is 7. The highest BCUT2D eigenvalue weighted by Gasteiger charge is 2.05. The summed E-state index contributed by atoms with van der Waals surface area (Å²) < 4.78 is 5.54. The van der Waals surface area contributed by atoms with Gasteiger partial charge in [-0.15, -0.1) is 0 Å². The number of ether oxygens (including phenoxy) is 1. The van der Waals surface area contributed by atoms with Crippen molar-refractivity contribution in [1.82, 2.24) is 10.9 Å². The third kappa shape index (κ3) is 6.78. The van der Waals surface area contributed by atoms with Gasteiger partial charge in [0.15, 0.2) is 0 Å². The van der Waals surface area contributed by atoms with Gasteiger partial charge in [0.05, 0.1) is 6.61 Å². The standard InChI is InChI=1S/C19H20N2O4/c22-16-12-10-15(11-13-16)19(24)21-20-18(23)9-5-2-6-14-25-17-7-3-1-4-8-17/h1,3-5,7-13,22H,2,6,14H2,(H,20,23)(H,21,24). The van der Waals surface area contributed by atoms with Gasteiger partial charge in [-0.25, -0.2) is 0 Å². The number of aromatic hydroxyl groups is 1. The Hall–Kier alpha value is -3.28. The number of hydrogen-bond acceptors (Lipinski definition) is 4. The van der Waals surface area contributed by atoms with Gasteiger partial charge in [0.1, 0.15) is 11.5 Å². The van der Waals surface area contributed by atoms with Gasteiger partial charge < -0.3 is 9.84 Å². The maximum Gasteiger partial charge on any atom is 0.269 e. The first-order valence-electron chi connectivity index (χ1n) is 7.89. The van der Waals surface area contributed by atoms with Crippen molar-refractivity contribution in [1.29, 1.82) is 0 Å². The van der Waals surface area contributed by atoms with E-state index in [4.69, 9.17) is 9.84 Å². The van der Waals surface area contributed by atoms with Gasteiger partial charge in [-0.3, -0.25) is 20.4 Å². The van der Waals surface area contributed by atoms with Gasteiger partial charge in [0.2, 0.25) is 0 Å². The van der Waals surface area contributed by atoms with Crippen LogP contribution in [-0.4, -0.2) is 23.5 Å². The number of amides is 2. The van der Waals surface area contributed by atoms with Crippen LogP contribution in [0.4, 0.5) is 0 Å². The molecular weight excluding hydrogens is 320 g/mol. The van der Waals surface area contributed by atoms with Crippen molar-refractivity contribution >= 4 is 11.8 Å². The van der Waals surface area contributed by atoms with Crippen molar-refractivity contribution in [2.24, 2.45) is 0 Å². The molecule has 2 aromatic rings. The number of hydrogen-bond donors (Lipinski definition) is 3. The van der Waals surface area contributed by atoms with Gasteiger partial charge in [-0.1, -0.05) is 24.3 Å². The van der Waals surface area contributed by atoms with Crippen molar-refractivity contribution < 1.29 is 19.4 Å². The number of hydrazine groups is 1. The summed E-state index contributed by atoms with van der Waals surface area (Å²) in [6.07, 6.45) is 4.54. The predicted octanol–water partition coefficient (Wildman–Crippen LogP) is 2.57. The summed E-state index contributed by atoms with van der Waals surface area (Å²) in [5.74, 6) is 0.00930. The molecule has 0 saturated carbocycles. The summed E-state index contributed by atoms with van der Waals surface area (Å²) in [5, 5.41) is 9.16. The summed E-state index contributed by atoms with van der Waals surface area (Å²) in [6, 6.07) is 15.2. The summed E-state index contributed by atoms with van der Waals surface area (Å²) in [4.78, 5) is 23.4. The number of carbonyl (C=O) groups is 2. The lowest BCUT2D eigenvalue weighted by Crippen LogP contribution is -2.40. The van der Waals surface area contributed by atoms with E-state index in [0.717, 1.165) is 12.2 Å². The number of nitrogens with one attached hydrogen (secondary N) is 2. The van der Waals surface area contributed by atoms with Crippen LogP contribution in [0.2, 0.25) is 0 Å². The molecule has 0 aromatic heterocycles. The number of carbonyl (C=O) groups excluding carboxylic acids is 2. The Kier molecular flexibility index (Phi) is 7.06. The zero-order valence-electron chi connectivity index (χ0n) is 13.6. The highest BCUT2D eigenvalue weighted by molar-refractivity contribution is 5.96. The Morgan fingerprint density at radius 3 is 2.44 bits per heavy atom. The lowest BCUT2D eigenvalue weighted by molar-refractivity contribution is -0.117. The molecule has 0 unspecified atom stereocenters. The quantitative estimate of drug-likeness (QED) is 0.411. The second-order valence-electron chi connectivity index (χ2n) is 5.20. The van der Waals surface area contributed by atoms with E-state index in [1.54, 1.807) is 6.08 Å². The van der Waals surface area contributed by atoms with E-state index in [9.17, 15) is 9.59 Å². The molecule has 25 heavy (non-hydrogen) atoms. The molecule has 0 saturated heterocycles. The van der Waals surface area contributed by atoms with Crippen molar-refractivity contribution in [2.45, 2.75) is 12.8 Å². The van der Waals surface area contributed by atoms with Gasteiger partial charge >= 0.3 is 0 Å². The number of allylic oxidation sites excluding steroid dienone is 1. The van der Waals surface area contributed by atoms with E-state index in [2.05, 4.69) is 10.9 Å². The predicted molar refractivity (Wildman–Crippen MR) is 94.0 cm³/mol. The van der Waals surface area contributed by atoms with Crippen molar-refractivity contribution in [2.75, 3.05) is 6.61 Å². The minimum Gasteiger partial charge on any atom is -0.508 e. The summed E-state index contributed by atoms with van der Waals surface area (Å²) in [5.41, 5.74) is 4.92. The van der Waals surface area contributed by atoms with Gasteiger partial charge in [0, 0.05) is 11.6 Å². The second kappa shape index (κ2) is 9.77. The number of benzene rings is 2. The molecule has 0 aliphatic heterocycles. The molecule has 2 rings (SSSR count). The average molecular weight is 340 g/mol. The normalized spacial score (nSPS) is 10.4. The number of unbranched alkanes of at least 4 members (excludes halogenated alkanes) is 1. The van der Waals surface area contributed by atoms with Gasteiger partial charge in [-0.2, -0.15) is 0 Å². The Balaban J connectivity index is 1.60. The maximum atomic E-state index is 11.8. The molecule has 0 heterocycles. The lowest BCUT2D eigenvalue weighted by atomic mass is 10.2. The van der Waals surface area contributed by atoms with E-state index >= 15 is 0 Å². The highest BCUT2D eigenvalue weighted by atomic mass is 16.5. The third-order valence-corrected chi connectivity index (χ3v) is 3.23. The first-order valence-corrected chi connectivity index (χ1v) is 7.89. The fraction of sp³-hybridized carbons (Fsp3) is 0.158. The molecule has 0 radical (unpaired) electrons. The molecule has 0 aliphatic carbocycles. The van der Waals surface area contributed by atoms with E-state index in [1.165, 1.54) is 30.3 Å². The molecule has 0 bridgehead atoms. The van der Waals surface area contributed by atoms with Crippen LogP contribution in [0.3, 0.4) is 0 Å². The Morgan fingerprint density at radius 1 is 1.00 bits per heavy atom. The Morgan fingerprint density at radius 2 is 1.72 bits per heavy atom. The molecule has 2 amide bonds. The van der Waals surface area contributed by atoms with Crippen LogP contribution in [0.15, 0.2) is 66.7 Å². The molecule has 2 aromatic carbocycles. The number of para-hydroxylation sites is 1. The van der Waals surface area contributed by atoms with Crippen molar-refractivity contribution in [3.05, 3.63) is 72.3 Å². The van der Waals surface area contributed by atoms with Gasteiger partial charge in [-0.05, 0) is 49.2 Å². The van der Waals surface area contributed by atoms with Crippen LogP contribution in [0.25, 0.3) is 0 Å². The molecule has 3 N–H and O–H groups in total. The fourth-order valence-corrected chi connectivity index (χ4v) is 1.94. The molecular formula is C19H20N2O4. The van der Waals surface area contributed by atoms with E-state index in [0.29, 0.717) is 18.6 Å². The van der Waals surface area contributed by atoms with Crippen molar-refractivity contribution in [3.8, 4) is 11.5 Å². The summed E-state index contributed by atoms with van der Waals surface area (Å²) in [7, 11) is 0. The number of phenols is 1. The number of phenolic OH excluding ortho intramolecular Hbond substituents is 1. The minimum atomic E-state index is -0.460. The SMILES string of the molecule is O=C(C=CCCCOc1ccccc1)NNC(=O)c1ccc(O)cc1. The molecule has 6 nitrogen and oxygen atoms in total. The summed E-state index contributed by atoms with van der Waals surface area (Å²) >= 11 is 0. The maximum absolute atomic E-state index is 11.8. The lowest BCUT2D eigenvalue weighted by Gasteiger charge is -2.05.